The Bertz CT molecular complexity index is 749. The number of hydrogen-bond acceptors (Lipinski definition) is 4. The summed E-state index contributed by atoms with van der Waals surface area (Å²) in [5.41, 5.74) is -0.341. The summed E-state index contributed by atoms with van der Waals surface area (Å²) >= 11 is 12.2. The molecule has 1 atom stereocenters. The monoisotopic (exact) mass is 357 g/mol. The van der Waals surface area contributed by atoms with Crippen molar-refractivity contribution in [2.45, 2.75) is 18.6 Å². The van der Waals surface area contributed by atoms with E-state index in [2.05, 4.69) is 10.3 Å². The number of nitrogens with zero attached hydrogens (tertiary/aromatic N) is 1. The van der Waals surface area contributed by atoms with Crippen molar-refractivity contribution in [1.29, 1.82) is 0 Å². The minimum atomic E-state index is -0.777. The minimum absolute atomic E-state index is 0.129. The van der Waals surface area contributed by atoms with E-state index in [0.29, 0.717) is 23.1 Å². The first kappa shape index (κ1) is 16.4. The van der Waals surface area contributed by atoms with Gasteiger partial charge in [-0.3, -0.25) is 4.57 Å². The Morgan fingerprint density at radius 2 is 2.13 bits per heavy atom. The van der Waals surface area contributed by atoms with Crippen LogP contribution in [0.1, 0.15) is 12.0 Å². The SMILES string of the molecule is O=c1[nH]cc(O)n1C[C@@]1(c2ccc(Cl)c(Cl)c2)CCNCCO1. The van der Waals surface area contributed by atoms with Gasteiger partial charge in [-0.05, 0) is 30.7 Å². The highest BCUT2D eigenvalue weighted by Gasteiger charge is 2.36. The number of H-pyrrole nitrogens is 1. The van der Waals surface area contributed by atoms with Gasteiger partial charge in [0, 0.05) is 6.54 Å². The average molecular weight is 358 g/mol. The van der Waals surface area contributed by atoms with Gasteiger partial charge in [0.15, 0.2) is 0 Å². The summed E-state index contributed by atoms with van der Waals surface area (Å²) in [5, 5.41) is 14.1. The normalized spacial score (nSPS) is 22.0. The van der Waals surface area contributed by atoms with E-state index < -0.39 is 5.60 Å². The Morgan fingerprint density at radius 1 is 1.30 bits per heavy atom. The van der Waals surface area contributed by atoms with Crippen molar-refractivity contribution in [3.63, 3.8) is 0 Å². The smallest absolute Gasteiger partial charge is 0.328 e. The van der Waals surface area contributed by atoms with Gasteiger partial charge in [-0.1, -0.05) is 29.3 Å². The van der Waals surface area contributed by atoms with Gasteiger partial charge in [0.1, 0.15) is 5.60 Å². The Labute approximate surface area is 143 Å². The third kappa shape index (κ3) is 3.26. The molecule has 3 N–H and O–H groups in total. The van der Waals surface area contributed by atoms with Crippen LogP contribution in [-0.2, 0) is 16.9 Å². The lowest BCUT2D eigenvalue weighted by Crippen LogP contribution is -2.38. The number of benzene rings is 1. The minimum Gasteiger partial charge on any atom is -0.493 e. The fourth-order valence-corrected chi connectivity index (χ4v) is 3.12. The van der Waals surface area contributed by atoms with Crippen LogP contribution in [0.4, 0.5) is 0 Å². The molecule has 0 saturated carbocycles. The maximum absolute atomic E-state index is 11.9. The maximum atomic E-state index is 11.9. The van der Waals surface area contributed by atoms with Gasteiger partial charge < -0.3 is 20.1 Å². The van der Waals surface area contributed by atoms with Crippen LogP contribution in [0.3, 0.4) is 0 Å². The van der Waals surface area contributed by atoms with Crippen molar-refractivity contribution in [2.75, 3.05) is 19.7 Å². The molecule has 2 heterocycles. The summed E-state index contributed by atoms with van der Waals surface area (Å²) in [6, 6.07) is 5.31. The van der Waals surface area contributed by atoms with Crippen LogP contribution in [0.5, 0.6) is 5.88 Å². The molecule has 1 aromatic heterocycles. The molecule has 0 amide bonds. The molecule has 0 radical (unpaired) electrons. The first-order chi connectivity index (χ1) is 11.0. The van der Waals surface area contributed by atoms with Crippen LogP contribution in [-0.4, -0.2) is 34.4 Å². The van der Waals surface area contributed by atoms with E-state index in [9.17, 15) is 9.90 Å². The number of aromatic hydroxyl groups is 1. The second kappa shape index (κ2) is 6.57. The van der Waals surface area contributed by atoms with Crippen molar-refractivity contribution in [1.82, 2.24) is 14.9 Å². The number of aromatic nitrogens is 2. The van der Waals surface area contributed by atoms with E-state index in [4.69, 9.17) is 27.9 Å². The van der Waals surface area contributed by atoms with Crippen LogP contribution < -0.4 is 11.0 Å². The molecule has 0 spiro atoms. The second-order valence-corrected chi connectivity index (χ2v) is 6.32. The zero-order valence-electron chi connectivity index (χ0n) is 12.3. The van der Waals surface area contributed by atoms with E-state index in [1.165, 1.54) is 10.8 Å². The van der Waals surface area contributed by atoms with E-state index in [1.54, 1.807) is 12.1 Å². The summed E-state index contributed by atoms with van der Waals surface area (Å²) in [5.74, 6) is -0.129. The van der Waals surface area contributed by atoms with Gasteiger partial charge in [-0.2, -0.15) is 0 Å². The highest BCUT2D eigenvalue weighted by molar-refractivity contribution is 6.42. The molecule has 1 saturated heterocycles. The number of rotatable bonds is 3. The number of halogens is 2. The van der Waals surface area contributed by atoms with Crippen LogP contribution in [0.15, 0.2) is 29.2 Å². The zero-order valence-corrected chi connectivity index (χ0v) is 13.8. The molecule has 0 bridgehead atoms. The topological polar surface area (TPSA) is 79.3 Å². The molecule has 8 heteroatoms. The van der Waals surface area contributed by atoms with Crippen molar-refractivity contribution in [3.8, 4) is 5.88 Å². The highest BCUT2D eigenvalue weighted by Crippen LogP contribution is 2.36. The van der Waals surface area contributed by atoms with E-state index in [-0.39, 0.29) is 18.1 Å². The molecule has 124 valence electrons. The summed E-state index contributed by atoms with van der Waals surface area (Å²) in [4.78, 5) is 14.4. The lowest BCUT2D eigenvalue weighted by atomic mass is 9.89. The first-order valence-electron chi connectivity index (χ1n) is 7.29. The predicted molar refractivity (Wildman–Crippen MR) is 88.3 cm³/mol. The largest absolute Gasteiger partial charge is 0.493 e. The fraction of sp³-hybridized carbons (Fsp3) is 0.400. The Hall–Kier alpha value is -1.47. The predicted octanol–water partition coefficient (Wildman–Crippen LogP) is 2.09. The Balaban J connectivity index is 2.06. The Morgan fingerprint density at radius 3 is 2.83 bits per heavy atom. The van der Waals surface area contributed by atoms with E-state index >= 15 is 0 Å². The number of nitrogens with one attached hydrogen (secondary N) is 2. The average Bonchev–Trinajstić information content (AvgIpc) is 2.75. The molecule has 6 nitrogen and oxygen atoms in total. The summed E-state index contributed by atoms with van der Waals surface area (Å²) < 4.78 is 7.36. The van der Waals surface area contributed by atoms with Gasteiger partial charge >= 0.3 is 5.69 Å². The molecule has 1 fully saturated rings. The third-order valence-corrected chi connectivity index (χ3v) is 4.81. The van der Waals surface area contributed by atoms with Gasteiger partial charge in [-0.15, -0.1) is 0 Å². The summed E-state index contributed by atoms with van der Waals surface area (Å²) in [7, 11) is 0. The van der Waals surface area contributed by atoms with Gasteiger partial charge in [0.2, 0.25) is 5.88 Å². The summed E-state index contributed by atoms with van der Waals surface area (Å²) in [6.07, 6.45) is 1.89. The molecule has 0 unspecified atom stereocenters. The van der Waals surface area contributed by atoms with Crippen LogP contribution >= 0.6 is 23.2 Å². The Kier molecular flexibility index (Phi) is 4.68. The van der Waals surface area contributed by atoms with Gasteiger partial charge in [0.05, 0.1) is 29.4 Å². The number of imidazole rings is 1. The van der Waals surface area contributed by atoms with Crippen LogP contribution in [0.2, 0.25) is 10.0 Å². The molecule has 23 heavy (non-hydrogen) atoms. The quantitative estimate of drug-likeness (QED) is 0.785. The molecule has 1 aromatic carbocycles. The van der Waals surface area contributed by atoms with Crippen LogP contribution in [0, 0.1) is 0 Å². The van der Waals surface area contributed by atoms with Crippen molar-refractivity contribution in [3.05, 3.63) is 50.5 Å². The lowest BCUT2D eigenvalue weighted by Gasteiger charge is -2.33. The molecular weight excluding hydrogens is 341 g/mol. The summed E-state index contributed by atoms with van der Waals surface area (Å²) in [6.45, 7) is 2.11. The third-order valence-electron chi connectivity index (χ3n) is 4.07. The van der Waals surface area contributed by atoms with E-state index in [0.717, 1.165) is 18.7 Å². The molecule has 1 aliphatic rings. The molecule has 3 rings (SSSR count). The second-order valence-electron chi connectivity index (χ2n) is 5.51. The lowest BCUT2D eigenvalue weighted by molar-refractivity contribution is -0.0574. The molecule has 2 aromatic rings. The molecular formula is C15H17Cl2N3O3. The highest BCUT2D eigenvalue weighted by atomic mass is 35.5. The van der Waals surface area contributed by atoms with Crippen molar-refractivity contribution >= 4 is 23.2 Å². The standard InChI is InChI=1S/C15H17Cl2N3O3/c16-11-2-1-10(7-12(11)17)15(3-4-18-5-6-23-15)9-20-13(21)8-19-14(20)22/h1-2,7-8,18,21H,3-6,9H2,(H,19,22)/t15-/m1/s1. The first-order valence-corrected chi connectivity index (χ1v) is 8.05. The molecule has 1 aliphatic heterocycles. The number of aromatic amines is 1. The van der Waals surface area contributed by atoms with Crippen molar-refractivity contribution < 1.29 is 9.84 Å². The van der Waals surface area contributed by atoms with Crippen molar-refractivity contribution in [2.24, 2.45) is 0 Å². The van der Waals surface area contributed by atoms with E-state index in [1.807, 2.05) is 6.07 Å². The fourth-order valence-electron chi connectivity index (χ4n) is 2.82. The van der Waals surface area contributed by atoms with Gasteiger partial charge in [0.25, 0.3) is 0 Å². The van der Waals surface area contributed by atoms with Crippen LogP contribution in [0.25, 0.3) is 0 Å². The van der Waals surface area contributed by atoms with Gasteiger partial charge in [-0.25, -0.2) is 4.79 Å². The number of hydrogen-bond donors (Lipinski definition) is 3. The maximum Gasteiger partial charge on any atom is 0.328 e. The molecule has 0 aliphatic carbocycles. The number of ether oxygens (including phenoxy) is 1. The zero-order chi connectivity index (χ0) is 16.4.